The van der Waals surface area contributed by atoms with Crippen molar-refractivity contribution in [2.24, 2.45) is 5.92 Å². The van der Waals surface area contributed by atoms with Crippen molar-refractivity contribution < 1.29 is 24.2 Å². The predicted molar refractivity (Wildman–Crippen MR) is 82.9 cm³/mol. The summed E-state index contributed by atoms with van der Waals surface area (Å²) in [5.41, 5.74) is 0.507. The number of hydrogen-bond donors (Lipinski definition) is 1. The van der Waals surface area contributed by atoms with Gasteiger partial charge in [0, 0.05) is 24.6 Å². The van der Waals surface area contributed by atoms with Crippen LogP contribution in [0.5, 0.6) is 11.5 Å². The summed E-state index contributed by atoms with van der Waals surface area (Å²) < 4.78 is 11.2. The lowest BCUT2D eigenvalue weighted by Crippen LogP contribution is -2.47. The zero-order valence-corrected chi connectivity index (χ0v) is 13.2. The van der Waals surface area contributed by atoms with Crippen LogP contribution in [-0.4, -0.2) is 47.7 Å². The van der Waals surface area contributed by atoms with Gasteiger partial charge in [-0.05, 0) is 38.0 Å². The van der Waals surface area contributed by atoms with E-state index < -0.39 is 11.9 Å². The number of carboxylic acid groups (broad SMARTS) is 1. The third-order valence-corrected chi connectivity index (χ3v) is 4.49. The van der Waals surface area contributed by atoms with E-state index in [-0.39, 0.29) is 18.5 Å². The molecule has 0 saturated carbocycles. The average molecular weight is 319 g/mol. The molecule has 1 amide bonds. The van der Waals surface area contributed by atoms with E-state index in [1.54, 1.807) is 23.1 Å². The van der Waals surface area contributed by atoms with Crippen molar-refractivity contribution in [1.82, 2.24) is 4.90 Å². The van der Waals surface area contributed by atoms with E-state index in [4.69, 9.17) is 9.47 Å². The Bertz CT molecular complexity index is 615. The summed E-state index contributed by atoms with van der Waals surface area (Å²) in [5, 5.41) is 9.21. The number of benzene rings is 1. The van der Waals surface area contributed by atoms with E-state index in [0.29, 0.717) is 43.1 Å². The van der Waals surface area contributed by atoms with Crippen LogP contribution in [0.25, 0.3) is 0 Å². The highest BCUT2D eigenvalue weighted by atomic mass is 16.5. The lowest BCUT2D eigenvalue weighted by atomic mass is 9.93. The number of carbonyl (C=O) groups is 2. The molecule has 1 aromatic rings. The van der Waals surface area contributed by atoms with Crippen molar-refractivity contribution in [2.75, 3.05) is 19.8 Å². The molecule has 6 heteroatoms. The number of rotatable bonds is 2. The minimum absolute atomic E-state index is 0.0362. The highest BCUT2D eigenvalue weighted by Crippen LogP contribution is 2.32. The largest absolute Gasteiger partial charge is 0.490 e. The second-order valence-electron chi connectivity index (χ2n) is 6.13. The number of carboxylic acids is 1. The van der Waals surface area contributed by atoms with Gasteiger partial charge < -0.3 is 19.5 Å². The first-order valence-electron chi connectivity index (χ1n) is 7.99. The van der Waals surface area contributed by atoms with Gasteiger partial charge in [-0.3, -0.25) is 9.59 Å². The van der Waals surface area contributed by atoms with Gasteiger partial charge in [-0.2, -0.15) is 0 Å². The molecule has 2 heterocycles. The third kappa shape index (κ3) is 3.25. The molecule has 0 bridgehead atoms. The fourth-order valence-electron chi connectivity index (χ4n) is 3.05. The zero-order valence-electron chi connectivity index (χ0n) is 13.2. The second kappa shape index (κ2) is 6.48. The molecule has 23 heavy (non-hydrogen) atoms. The number of piperidine rings is 1. The smallest absolute Gasteiger partial charge is 0.308 e. The second-order valence-corrected chi connectivity index (χ2v) is 6.13. The lowest BCUT2D eigenvalue weighted by Gasteiger charge is -2.36. The standard InChI is InChI=1S/C17H21NO5/c1-11-3-4-13(17(20)21)10-18(11)16(19)12-5-6-14-15(9-12)23-8-2-7-22-14/h5-6,9,11,13H,2-4,7-8,10H2,1H3,(H,20,21). The maximum Gasteiger partial charge on any atom is 0.308 e. The van der Waals surface area contributed by atoms with Gasteiger partial charge in [-0.25, -0.2) is 0 Å². The summed E-state index contributed by atoms with van der Waals surface area (Å²) in [6.45, 7) is 3.37. The van der Waals surface area contributed by atoms with Crippen LogP contribution in [0.3, 0.4) is 0 Å². The van der Waals surface area contributed by atoms with Gasteiger partial charge in [0.2, 0.25) is 0 Å². The molecule has 3 rings (SSSR count). The van der Waals surface area contributed by atoms with Gasteiger partial charge in [0.05, 0.1) is 19.1 Å². The van der Waals surface area contributed by atoms with Crippen LogP contribution < -0.4 is 9.47 Å². The van der Waals surface area contributed by atoms with Crippen LogP contribution in [0, 0.1) is 5.92 Å². The topological polar surface area (TPSA) is 76.1 Å². The van der Waals surface area contributed by atoms with Gasteiger partial charge in [-0.15, -0.1) is 0 Å². The summed E-state index contributed by atoms with van der Waals surface area (Å²) >= 11 is 0. The summed E-state index contributed by atoms with van der Waals surface area (Å²) in [6, 6.07) is 5.19. The van der Waals surface area contributed by atoms with Crippen LogP contribution in [-0.2, 0) is 4.79 Å². The first-order chi connectivity index (χ1) is 11.1. The summed E-state index contributed by atoms with van der Waals surface area (Å²) in [6.07, 6.45) is 2.12. The minimum atomic E-state index is -0.839. The van der Waals surface area contributed by atoms with Crippen LogP contribution in [0.1, 0.15) is 36.5 Å². The minimum Gasteiger partial charge on any atom is -0.490 e. The van der Waals surface area contributed by atoms with Crippen molar-refractivity contribution in [3.8, 4) is 11.5 Å². The van der Waals surface area contributed by atoms with Crippen molar-refractivity contribution in [1.29, 1.82) is 0 Å². The SMILES string of the molecule is CC1CCC(C(=O)O)CN1C(=O)c1ccc2c(c1)OCCCO2. The molecular formula is C17H21NO5. The summed E-state index contributed by atoms with van der Waals surface area (Å²) in [4.78, 5) is 25.7. The molecule has 0 radical (unpaired) electrons. The van der Waals surface area contributed by atoms with E-state index in [1.165, 1.54) is 0 Å². The monoisotopic (exact) mass is 319 g/mol. The fraction of sp³-hybridized carbons (Fsp3) is 0.529. The molecular weight excluding hydrogens is 298 g/mol. The lowest BCUT2D eigenvalue weighted by molar-refractivity contribution is -0.143. The van der Waals surface area contributed by atoms with Crippen LogP contribution in [0.2, 0.25) is 0 Å². The number of hydrogen-bond acceptors (Lipinski definition) is 4. The molecule has 2 aliphatic rings. The third-order valence-electron chi connectivity index (χ3n) is 4.49. The van der Waals surface area contributed by atoms with Gasteiger partial charge in [0.1, 0.15) is 0 Å². The molecule has 1 N–H and O–H groups in total. The van der Waals surface area contributed by atoms with Gasteiger partial charge in [0.15, 0.2) is 11.5 Å². The molecule has 124 valence electrons. The Balaban J connectivity index is 1.81. The molecule has 1 saturated heterocycles. The Kier molecular flexibility index (Phi) is 4.41. The van der Waals surface area contributed by atoms with Crippen LogP contribution >= 0.6 is 0 Å². The first-order valence-corrected chi connectivity index (χ1v) is 7.99. The maximum atomic E-state index is 12.8. The van der Waals surface area contributed by atoms with Crippen molar-refractivity contribution in [3.63, 3.8) is 0 Å². The van der Waals surface area contributed by atoms with Gasteiger partial charge in [0.25, 0.3) is 5.91 Å². The molecule has 6 nitrogen and oxygen atoms in total. The quantitative estimate of drug-likeness (QED) is 0.904. The van der Waals surface area contributed by atoms with Gasteiger partial charge in [-0.1, -0.05) is 0 Å². The van der Waals surface area contributed by atoms with Crippen molar-refractivity contribution in [3.05, 3.63) is 23.8 Å². The van der Waals surface area contributed by atoms with Crippen LogP contribution in [0.4, 0.5) is 0 Å². The highest BCUT2D eigenvalue weighted by molar-refractivity contribution is 5.95. The molecule has 2 aliphatic heterocycles. The Morgan fingerprint density at radius 1 is 1.17 bits per heavy atom. The van der Waals surface area contributed by atoms with Gasteiger partial charge >= 0.3 is 5.97 Å². The van der Waals surface area contributed by atoms with Crippen molar-refractivity contribution >= 4 is 11.9 Å². The van der Waals surface area contributed by atoms with Crippen molar-refractivity contribution in [2.45, 2.75) is 32.2 Å². The number of fused-ring (bicyclic) bond motifs is 1. The molecule has 2 unspecified atom stereocenters. The number of carbonyl (C=O) groups excluding carboxylic acids is 1. The normalized spacial score (nSPS) is 24.0. The number of amides is 1. The van der Waals surface area contributed by atoms with E-state index in [1.807, 2.05) is 6.92 Å². The molecule has 2 atom stereocenters. The summed E-state index contributed by atoms with van der Waals surface area (Å²) in [5.74, 6) is -0.259. The fourth-order valence-corrected chi connectivity index (χ4v) is 3.05. The predicted octanol–water partition coefficient (Wildman–Crippen LogP) is 2.17. The molecule has 0 aliphatic carbocycles. The molecule has 1 aromatic carbocycles. The first kappa shape index (κ1) is 15.6. The summed E-state index contributed by atoms with van der Waals surface area (Å²) in [7, 11) is 0. The maximum absolute atomic E-state index is 12.8. The average Bonchev–Trinajstić information content (AvgIpc) is 2.79. The Hall–Kier alpha value is -2.24. The van der Waals surface area contributed by atoms with E-state index in [9.17, 15) is 14.7 Å². The van der Waals surface area contributed by atoms with E-state index in [2.05, 4.69) is 0 Å². The number of nitrogens with zero attached hydrogens (tertiary/aromatic N) is 1. The zero-order chi connectivity index (χ0) is 16.4. The molecule has 1 fully saturated rings. The van der Waals surface area contributed by atoms with Crippen LogP contribution in [0.15, 0.2) is 18.2 Å². The van der Waals surface area contributed by atoms with E-state index >= 15 is 0 Å². The Morgan fingerprint density at radius 3 is 2.65 bits per heavy atom. The molecule has 0 spiro atoms. The Labute approximate surface area is 135 Å². The Morgan fingerprint density at radius 2 is 1.91 bits per heavy atom. The number of likely N-dealkylation sites (tertiary alicyclic amines) is 1. The molecule has 0 aromatic heterocycles. The number of ether oxygens (including phenoxy) is 2. The van der Waals surface area contributed by atoms with E-state index in [0.717, 1.165) is 6.42 Å². The number of aliphatic carboxylic acids is 1. The highest BCUT2D eigenvalue weighted by Gasteiger charge is 2.33.